The standard InChI is InChI=1S/C17H20N6S/c1-3-8-23-11-14(13(2)22-23)9-18-5-4-15-12-24-17(21-15)16-10-19-6-7-20-16/h3,6-7,10-12,18H,1,4-5,8-9H2,2H3. The van der Waals surface area contributed by atoms with E-state index >= 15 is 0 Å². The van der Waals surface area contributed by atoms with Crippen molar-refractivity contribution in [2.24, 2.45) is 0 Å². The lowest BCUT2D eigenvalue weighted by molar-refractivity contribution is 0.676. The van der Waals surface area contributed by atoms with Gasteiger partial charge in [-0.3, -0.25) is 14.6 Å². The van der Waals surface area contributed by atoms with Gasteiger partial charge in [0.2, 0.25) is 0 Å². The van der Waals surface area contributed by atoms with Gasteiger partial charge in [-0.15, -0.1) is 17.9 Å². The minimum Gasteiger partial charge on any atom is -0.312 e. The SMILES string of the molecule is C=CCn1cc(CNCCc2csc(-c3cnccn3)n2)c(C)n1. The molecule has 6 nitrogen and oxygen atoms in total. The summed E-state index contributed by atoms with van der Waals surface area (Å²) in [6, 6.07) is 0. The molecule has 0 aromatic carbocycles. The van der Waals surface area contributed by atoms with Crippen LogP contribution >= 0.6 is 11.3 Å². The lowest BCUT2D eigenvalue weighted by atomic mass is 10.2. The third kappa shape index (κ3) is 4.12. The maximum absolute atomic E-state index is 4.62. The first-order chi connectivity index (χ1) is 11.8. The molecule has 0 amide bonds. The normalized spacial score (nSPS) is 10.9. The van der Waals surface area contributed by atoms with E-state index < -0.39 is 0 Å². The Morgan fingerprint density at radius 2 is 2.29 bits per heavy atom. The molecule has 24 heavy (non-hydrogen) atoms. The highest BCUT2D eigenvalue weighted by Crippen LogP contribution is 2.20. The number of hydrogen-bond donors (Lipinski definition) is 1. The second kappa shape index (κ2) is 7.94. The lowest BCUT2D eigenvalue weighted by Crippen LogP contribution is -2.17. The van der Waals surface area contributed by atoms with Gasteiger partial charge in [-0.1, -0.05) is 6.08 Å². The van der Waals surface area contributed by atoms with Gasteiger partial charge < -0.3 is 5.32 Å². The maximum atomic E-state index is 4.62. The summed E-state index contributed by atoms with van der Waals surface area (Å²) in [4.78, 5) is 13.0. The molecule has 0 bridgehead atoms. The fourth-order valence-electron chi connectivity index (χ4n) is 2.35. The third-order valence-corrected chi connectivity index (χ3v) is 4.49. The van der Waals surface area contributed by atoms with Gasteiger partial charge in [0.15, 0.2) is 0 Å². The fraction of sp³-hybridized carbons (Fsp3) is 0.294. The van der Waals surface area contributed by atoms with E-state index in [0.717, 1.165) is 48.1 Å². The number of allylic oxidation sites excluding steroid dienone is 1. The molecule has 0 aliphatic rings. The van der Waals surface area contributed by atoms with Gasteiger partial charge in [0.05, 0.1) is 24.1 Å². The molecule has 3 aromatic heterocycles. The van der Waals surface area contributed by atoms with Crippen molar-refractivity contribution in [2.45, 2.75) is 26.4 Å². The third-order valence-electron chi connectivity index (χ3n) is 3.57. The summed E-state index contributed by atoms with van der Waals surface area (Å²) in [6.45, 7) is 8.19. The molecule has 0 radical (unpaired) electrons. The molecule has 3 aromatic rings. The van der Waals surface area contributed by atoms with Gasteiger partial charge in [-0.25, -0.2) is 4.98 Å². The Morgan fingerprint density at radius 3 is 3.08 bits per heavy atom. The van der Waals surface area contributed by atoms with Crippen molar-refractivity contribution >= 4 is 11.3 Å². The quantitative estimate of drug-likeness (QED) is 0.504. The van der Waals surface area contributed by atoms with Gasteiger partial charge in [0.1, 0.15) is 10.7 Å². The smallest absolute Gasteiger partial charge is 0.143 e. The van der Waals surface area contributed by atoms with E-state index in [1.54, 1.807) is 29.9 Å². The van der Waals surface area contributed by atoms with Crippen LogP contribution in [0.5, 0.6) is 0 Å². The number of aromatic nitrogens is 5. The van der Waals surface area contributed by atoms with Crippen LogP contribution in [0.4, 0.5) is 0 Å². The van der Waals surface area contributed by atoms with Crippen molar-refractivity contribution < 1.29 is 0 Å². The Bertz CT molecular complexity index is 793. The minimum atomic E-state index is 0.741. The molecule has 0 fully saturated rings. The van der Waals surface area contributed by atoms with E-state index in [9.17, 15) is 0 Å². The first-order valence-electron chi connectivity index (χ1n) is 7.81. The molecule has 3 heterocycles. The molecule has 0 aliphatic heterocycles. The average Bonchev–Trinajstić information content (AvgIpc) is 3.20. The van der Waals surface area contributed by atoms with Gasteiger partial charge >= 0.3 is 0 Å². The Balaban J connectivity index is 1.49. The molecule has 0 atom stereocenters. The van der Waals surface area contributed by atoms with E-state index in [-0.39, 0.29) is 0 Å². The van der Waals surface area contributed by atoms with Crippen LogP contribution in [0.25, 0.3) is 10.7 Å². The molecule has 0 spiro atoms. The van der Waals surface area contributed by atoms with Crippen LogP contribution in [0.1, 0.15) is 17.0 Å². The van der Waals surface area contributed by atoms with Gasteiger partial charge in [-0.05, 0) is 6.92 Å². The summed E-state index contributed by atoms with van der Waals surface area (Å²) in [5.74, 6) is 0. The fourth-order valence-corrected chi connectivity index (χ4v) is 3.16. The number of rotatable bonds is 8. The summed E-state index contributed by atoms with van der Waals surface area (Å²) in [7, 11) is 0. The Labute approximate surface area is 145 Å². The van der Waals surface area contributed by atoms with Crippen LogP contribution in [0.3, 0.4) is 0 Å². The number of nitrogens with zero attached hydrogens (tertiary/aromatic N) is 5. The van der Waals surface area contributed by atoms with E-state index in [0.29, 0.717) is 0 Å². The predicted octanol–water partition coefficient (Wildman–Crippen LogP) is 2.62. The summed E-state index contributed by atoms with van der Waals surface area (Å²) in [5, 5.41) is 10.9. The summed E-state index contributed by atoms with van der Waals surface area (Å²) < 4.78 is 1.91. The maximum Gasteiger partial charge on any atom is 0.143 e. The summed E-state index contributed by atoms with van der Waals surface area (Å²) in [5.41, 5.74) is 4.18. The van der Waals surface area contributed by atoms with Crippen LogP contribution < -0.4 is 5.32 Å². The van der Waals surface area contributed by atoms with Crippen LogP contribution in [-0.2, 0) is 19.5 Å². The highest BCUT2D eigenvalue weighted by molar-refractivity contribution is 7.13. The van der Waals surface area contributed by atoms with Crippen molar-refractivity contribution in [3.05, 3.63) is 59.8 Å². The van der Waals surface area contributed by atoms with Crippen molar-refractivity contribution in [1.82, 2.24) is 30.0 Å². The molecular formula is C17H20N6S. The molecule has 124 valence electrons. The van der Waals surface area contributed by atoms with Crippen LogP contribution in [0.15, 0.2) is 42.8 Å². The number of hydrogen-bond acceptors (Lipinski definition) is 6. The monoisotopic (exact) mass is 340 g/mol. The van der Waals surface area contributed by atoms with Crippen LogP contribution in [0, 0.1) is 6.92 Å². The van der Waals surface area contributed by atoms with Crippen molar-refractivity contribution in [3.8, 4) is 10.7 Å². The zero-order chi connectivity index (χ0) is 16.8. The largest absolute Gasteiger partial charge is 0.312 e. The second-order valence-corrected chi connectivity index (χ2v) is 6.27. The Hall–Kier alpha value is -2.38. The Morgan fingerprint density at radius 1 is 1.38 bits per heavy atom. The van der Waals surface area contributed by atoms with Gasteiger partial charge in [-0.2, -0.15) is 5.10 Å². The van der Waals surface area contributed by atoms with E-state index in [2.05, 4.69) is 43.5 Å². The zero-order valence-electron chi connectivity index (χ0n) is 13.6. The molecule has 0 aliphatic carbocycles. The number of aryl methyl sites for hydroxylation is 1. The molecule has 0 saturated carbocycles. The number of nitrogens with one attached hydrogen (secondary N) is 1. The Kier molecular flexibility index (Phi) is 5.45. The second-order valence-electron chi connectivity index (χ2n) is 5.41. The highest BCUT2D eigenvalue weighted by atomic mass is 32.1. The highest BCUT2D eigenvalue weighted by Gasteiger charge is 2.07. The molecule has 0 saturated heterocycles. The molecular weight excluding hydrogens is 320 g/mol. The average molecular weight is 340 g/mol. The topological polar surface area (TPSA) is 68.5 Å². The minimum absolute atomic E-state index is 0.741. The lowest BCUT2D eigenvalue weighted by Gasteiger charge is -2.02. The number of thiazole rings is 1. The van der Waals surface area contributed by atoms with E-state index in [1.165, 1.54) is 5.56 Å². The first kappa shape index (κ1) is 16.5. The molecule has 3 rings (SSSR count). The van der Waals surface area contributed by atoms with Crippen molar-refractivity contribution in [2.75, 3.05) is 6.54 Å². The van der Waals surface area contributed by atoms with Gasteiger partial charge in [0, 0.05) is 49.0 Å². The van der Waals surface area contributed by atoms with Crippen LogP contribution in [-0.4, -0.2) is 31.3 Å². The summed E-state index contributed by atoms with van der Waals surface area (Å²) in [6.07, 6.45) is 9.90. The van der Waals surface area contributed by atoms with Crippen LogP contribution in [0.2, 0.25) is 0 Å². The van der Waals surface area contributed by atoms with E-state index in [1.807, 2.05) is 17.7 Å². The predicted molar refractivity (Wildman–Crippen MR) is 95.7 cm³/mol. The molecule has 1 N–H and O–H groups in total. The first-order valence-corrected chi connectivity index (χ1v) is 8.69. The summed E-state index contributed by atoms with van der Waals surface area (Å²) >= 11 is 1.60. The van der Waals surface area contributed by atoms with Gasteiger partial charge in [0.25, 0.3) is 0 Å². The molecule has 7 heteroatoms. The van der Waals surface area contributed by atoms with Crippen molar-refractivity contribution in [1.29, 1.82) is 0 Å². The van der Waals surface area contributed by atoms with E-state index in [4.69, 9.17) is 0 Å². The zero-order valence-corrected chi connectivity index (χ0v) is 14.5. The molecule has 0 unspecified atom stereocenters. The van der Waals surface area contributed by atoms with Crippen molar-refractivity contribution in [3.63, 3.8) is 0 Å².